The molecule has 1 saturated heterocycles. The first kappa shape index (κ1) is 14.1. The van der Waals surface area contributed by atoms with Crippen LogP contribution in [0.1, 0.15) is 50.2 Å². The summed E-state index contributed by atoms with van der Waals surface area (Å²) >= 11 is 0. The van der Waals surface area contributed by atoms with Gasteiger partial charge in [-0.15, -0.1) is 0 Å². The summed E-state index contributed by atoms with van der Waals surface area (Å²) in [4.78, 5) is 0. The van der Waals surface area contributed by atoms with E-state index in [1.807, 2.05) is 6.92 Å². The van der Waals surface area contributed by atoms with Gasteiger partial charge < -0.3 is 10.1 Å². The Kier molecular flexibility index (Phi) is 5.03. The summed E-state index contributed by atoms with van der Waals surface area (Å²) in [5, 5.41) is 3.42. The first-order valence-electron chi connectivity index (χ1n) is 7.35. The Morgan fingerprint density at radius 3 is 2.74 bits per heavy atom. The van der Waals surface area contributed by atoms with E-state index in [-0.39, 0.29) is 0 Å². The van der Waals surface area contributed by atoms with Crippen molar-refractivity contribution in [3.8, 4) is 5.75 Å². The molecule has 2 rings (SSSR count). The monoisotopic (exact) mass is 259 g/mol. The Labute approximate surface area is 116 Å². The van der Waals surface area contributed by atoms with Crippen molar-refractivity contribution < 1.29 is 4.74 Å². The average Bonchev–Trinajstić information content (AvgIpc) is 2.45. The number of nitrogens with one attached hydrogen (secondary N) is 1. The van der Waals surface area contributed by atoms with Gasteiger partial charge in [0.15, 0.2) is 0 Å². The minimum absolute atomic E-state index is 0.671. The number of allylic oxidation sites excluding steroid dienone is 1. The molecule has 0 bridgehead atoms. The predicted octanol–water partition coefficient (Wildman–Crippen LogP) is 3.98. The first-order valence-corrected chi connectivity index (χ1v) is 7.35. The van der Waals surface area contributed by atoms with Crippen molar-refractivity contribution in [2.45, 2.75) is 39.0 Å². The van der Waals surface area contributed by atoms with E-state index in [1.54, 1.807) is 0 Å². The van der Waals surface area contributed by atoms with Crippen molar-refractivity contribution >= 4 is 5.57 Å². The lowest BCUT2D eigenvalue weighted by molar-refractivity contribution is 0.315. The summed E-state index contributed by atoms with van der Waals surface area (Å²) in [5.41, 5.74) is 3.63. The molecular weight excluding hydrogens is 234 g/mol. The molecule has 0 spiro atoms. The number of hydrogen-bond acceptors (Lipinski definition) is 2. The molecule has 0 aliphatic carbocycles. The van der Waals surface area contributed by atoms with Crippen LogP contribution < -0.4 is 10.1 Å². The van der Waals surface area contributed by atoms with Gasteiger partial charge in [0.05, 0.1) is 6.61 Å². The van der Waals surface area contributed by atoms with Gasteiger partial charge in [-0.3, -0.25) is 0 Å². The Bertz CT molecular complexity index is 433. The van der Waals surface area contributed by atoms with Crippen LogP contribution in [0.15, 0.2) is 24.8 Å². The fourth-order valence-electron chi connectivity index (χ4n) is 2.63. The lowest BCUT2D eigenvalue weighted by Gasteiger charge is -2.24. The van der Waals surface area contributed by atoms with Gasteiger partial charge in [-0.25, -0.2) is 0 Å². The molecule has 1 heterocycles. The standard InChI is InChI=1S/C17H25NO/c1-4-11-19-17-12-15(5-6-16(17)13(2)3)14-7-9-18-10-8-14/h5-6,12,14,18H,2,4,7-11H2,1,3H3. The fourth-order valence-corrected chi connectivity index (χ4v) is 2.63. The Hall–Kier alpha value is -1.28. The van der Waals surface area contributed by atoms with E-state index >= 15 is 0 Å². The molecule has 0 amide bonds. The lowest BCUT2D eigenvalue weighted by Crippen LogP contribution is -2.26. The maximum atomic E-state index is 5.90. The maximum Gasteiger partial charge on any atom is 0.127 e. The van der Waals surface area contributed by atoms with Gasteiger partial charge >= 0.3 is 0 Å². The zero-order valence-corrected chi connectivity index (χ0v) is 12.2. The largest absolute Gasteiger partial charge is 0.493 e. The minimum Gasteiger partial charge on any atom is -0.493 e. The molecular formula is C17H25NO. The highest BCUT2D eigenvalue weighted by atomic mass is 16.5. The van der Waals surface area contributed by atoms with Gasteiger partial charge in [-0.1, -0.05) is 25.6 Å². The van der Waals surface area contributed by atoms with Gasteiger partial charge in [-0.05, 0) is 62.4 Å². The molecule has 1 fully saturated rings. The van der Waals surface area contributed by atoms with Crippen molar-refractivity contribution in [1.29, 1.82) is 0 Å². The average molecular weight is 259 g/mol. The summed E-state index contributed by atoms with van der Waals surface area (Å²) in [7, 11) is 0. The van der Waals surface area contributed by atoms with E-state index in [2.05, 4.69) is 37.0 Å². The second-order valence-electron chi connectivity index (χ2n) is 5.41. The molecule has 1 aliphatic rings. The third kappa shape index (κ3) is 3.60. The van der Waals surface area contributed by atoms with Crippen molar-refractivity contribution in [3.05, 3.63) is 35.9 Å². The number of rotatable bonds is 5. The van der Waals surface area contributed by atoms with Crippen LogP contribution >= 0.6 is 0 Å². The van der Waals surface area contributed by atoms with Crippen LogP contribution in [0.2, 0.25) is 0 Å². The SMILES string of the molecule is C=C(C)c1ccc(C2CCNCC2)cc1OCCC. The van der Waals surface area contributed by atoms with E-state index < -0.39 is 0 Å². The van der Waals surface area contributed by atoms with Crippen molar-refractivity contribution in [2.75, 3.05) is 19.7 Å². The fraction of sp³-hybridized carbons (Fsp3) is 0.529. The van der Waals surface area contributed by atoms with Crippen LogP contribution in [0, 0.1) is 0 Å². The maximum absolute atomic E-state index is 5.90. The van der Waals surface area contributed by atoms with E-state index in [0.29, 0.717) is 5.92 Å². The van der Waals surface area contributed by atoms with Gasteiger partial charge in [0.2, 0.25) is 0 Å². The van der Waals surface area contributed by atoms with Crippen molar-refractivity contribution in [3.63, 3.8) is 0 Å². The zero-order valence-electron chi connectivity index (χ0n) is 12.2. The van der Waals surface area contributed by atoms with Crippen LogP contribution in [-0.2, 0) is 0 Å². The molecule has 1 aliphatic heterocycles. The molecule has 104 valence electrons. The van der Waals surface area contributed by atoms with Gasteiger partial charge in [0.25, 0.3) is 0 Å². The molecule has 19 heavy (non-hydrogen) atoms. The Balaban J connectivity index is 2.23. The highest BCUT2D eigenvalue weighted by Crippen LogP contribution is 2.32. The molecule has 1 aromatic rings. The van der Waals surface area contributed by atoms with Crippen LogP contribution in [0.3, 0.4) is 0 Å². The van der Waals surface area contributed by atoms with Crippen molar-refractivity contribution in [1.82, 2.24) is 5.32 Å². The highest BCUT2D eigenvalue weighted by Gasteiger charge is 2.17. The molecule has 0 aromatic heterocycles. The van der Waals surface area contributed by atoms with Gasteiger partial charge in [-0.2, -0.15) is 0 Å². The first-order chi connectivity index (χ1) is 9.22. The molecule has 2 nitrogen and oxygen atoms in total. The van der Waals surface area contributed by atoms with Crippen LogP contribution in [0.5, 0.6) is 5.75 Å². The number of piperidine rings is 1. The third-order valence-corrected chi connectivity index (χ3v) is 3.74. The van der Waals surface area contributed by atoms with Crippen molar-refractivity contribution in [2.24, 2.45) is 0 Å². The number of hydrogen-bond donors (Lipinski definition) is 1. The lowest BCUT2D eigenvalue weighted by atomic mass is 9.89. The number of ether oxygens (including phenoxy) is 1. The van der Waals surface area contributed by atoms with Crippen LogP contribution in [-0.4, -0.2) is 19.7 Å². The normalized spacial score (nSPS) is 16.3. The molecule has 0 atom stereocenters. The Morgan fingerprint density at radius 2 is 2.11 bits per heavy atom. The van der Waals surface area contributed by atoms with Gasteiger partial charge in [0.1, 0.15) is 5.75 Å². The minimum atomic E-state index is 0.671. The third-order valence-electron chi connectivity index (χ3n) is 3.74. The Morgan fingerprint density at radius 1 is 1.37 bits per heavy atom. The van der Waals surface area contributed by atoms with E-state index in [1.165, 1.54) is 18.4 Å². The second kappa shape index (κ2) is 6.76. The van der Waals surface area contributed by atoms with Crippen LogP contribution in [0.25, 0.3) is 5.57 Å². The molecule has 1 aromatic carbocycles. The summed E-state index contributed by atoms with van der Waals surface area (Å²) in [6, 6.07) is 6.65. The zero-order chi connectivity index (χ0) is 13.7. The molecule has 1 N–H and O–H groups in total. The summed E-state index contributed by atoms with van der Waals surface area (Å²) in [6.07, 6.45) is 3.48. The summed E-state index contributed by atoms with van der Waals surface area (Å²) < 4.78 is 5.90. The molecule has 0 unspecified atom stereocenters. The van der Waals surface area contributed by atoms with E-state index in [0.717, 1.165) is 43.0 Å². The topological polar surface area (TPSA) is 21.3 Å². The highest BCUT2D eigenvalue weighted by molar-refractivity contribution is 5.67. The van der Waals surface area contributed by atoms with E-state index in [4.69, 9.17) is 4.74 Å². The van der Waals surface area contributed by atoms with Gasteiger partial charge in [0, 0.05) is 5.56 Å². The smallest absolute Gasteiger partial charge is 0.127 e. The van der Waals surface area contributed by atoms with E-state index in [9.17, 15) is 0 Å². The second-order valence-corrected chi connectivity index (χ2v) is 5.41. The number of benzene rings is 1. The molecule has 0 saturated carbocycles. The molecule has 2 heteroatoms. The predicted molar refractivity (Wildman–Crippen MR) is 81.8 cm³/mol. The summed E-state index contributed by atoms with van der Waals surface area (Å²) in [5.74, 6) is 1.68. The molecule has 0 radical (unpaired) electrons. The summed E-state index contributed by atoms with van der Waals surface area (Å²) in [6.45, 7) is 11.2. The van der Waals surface area contributed by atoms with Crippen LogP contribution in [0.4, 0.5) is 0 Å². The quantitative estimate of drug-likeness (QED) is 0.863.